The Bertz CT molecular complexity index is 771. The Morgan fingerprint density at radius 1 is 1.29 bits per heavy atom. The summed E-state index contributed by atoms with van der Waals surface area (Å²) in [5.41, 5.74) is 3.80. The third kappa shape index (κ3) is 5.45. The van der Waals surface area contributed by atoms with Crippen molar-refractivity contribution in [3.05, 3.63) is 72.3 Å². The highest BCUT2D eigenvalue weighted by Gasteiger charge is 2.08. The number of carbonyl (C=O) groups is 1. The van der Waals surface area contributed by atoms with E-state index in [1.165, 1.54) is 0 Å². The monoisotopic (exact) mass is 566 g/mol. The minimum atomic E-state index is -0.316. The summed E-state index contributed by atoms with van der Waals surface area (Å²) in [4.78, 5) is 12.0. The second-order valence-electron chi connectivity index (χ2n) is 4.62. The molecule has 0 atom stereocenters. The van der Waals surface area contributed by atoms with Crippen LogP contribution in [0.4, 0.5) is 0 Å². The van der Waals surface area contributed by atoms with Crippen molar-refractivity contribution in [2.75, 3.05) is 6.61 Å². The van der Waals surface area contributed by atoms with E-state index < -0.39 is 0 Å². The van der Waals surface area contributed by atoms with E-state index in [9.17, 15) is 4.79 Å². The first-order chi connectivity index (χ1) is 11.5. The molecule has 2 aromatic carbocycles. The third-order valence-corrected chi connectivity index (χ3v) is 4.67. The van der Waals surface area contributed by atoms with E-state index in [4.69, 9.17) is 16.3 Å². The highest BCUT2D eigenvalue weighted by atomic mass is 127. The van der Waals surface area contributed by atoms with Crippen LogP contribution >= 0.6 is 56.8 Å². The van der Waals surface area contributed by atoms with Crippen molar-refractivity contribution in [2.24, 2.45) is 5.10 Å². The molecule has 1 amide bonds. The summed E-state index contributed by atoms with van der Waals surface area (Å²) < 4.78 is 7.55. The van der Waals surface area contributed by atoms with Gasteiger partial charge in [0.1, 0.15) is 12.4 Å². The van der Waals surface area contributed by atoms with Crippen LogP contribution < -0.4 is 10.2 Å². The molecule has 1 N–H and O–H groups in total. The van der Waals surface area contributed by atoms with E-state index in [-0.39, 0.29) is 5.91 Å². The second kappa shape index (κ2) is 9.38. The Morgan fingerprint density at radius 3 is 2.62 bits per heavy atom. The Labute approximate surface area is 172 Å². The van der Waals surface area contributed by atoms with Crippen molar-refractivity contribution in [3.63, 3.8) is 0 Å². The quantitative estimate of drug-likeness (QED) is 0.235. The highest BCUT2D eigenvalue weighted by Crippen LogP contribution is 2.28. The molecule has 24 heavy (non-hydrogen) atoms. The van der Waals surface area contributed by atoms with Crippen LogP contribution in [0.15, 0.2) is 54.2 Å². The zero-order valence-corrected chi connectivity index (χ0v) is 17.5. The van der Waals surface area contributed by atoms with Crippen LogP contribution in [0.1, 0.15) is 15.9 Å². The molecule has 2 aromatic rings. The largest absolute Gasteiger partial charge is 0.487 e. The van der Waals surface area contributed by atoms with Gasteiger partial charge < -0.3 is 4.74 Å². The van der Waals surface area contributed by atoms with Crippen LogP contribution in [0.2, 0.25) is 5.02 Å². The molecule has 0 aliphatic heterocycles. The van der Waals surface area contributed by atoms with Gasteiger partial charge in [-0.3, -0.25) is 4.79 Å². The number of halogens is 3. The summed E-state index contributed by atoms with van der Waals surface area (Å²) in [5, 5.41) is 4.50. The fourth-order valence-electron chi connectivity index (χ4n) is 1.79. The van der Waals surface area contributed by atoms with Gasteiger partial charge in [0.2, 0.25) is 0 Å². The van der Waals surface area contributed by atoms with Gasteiger partial charge in [-0.1, -0.05) is 30.3 Å². The zero-order chi connectivity index (χ0) is 17.5. The van der Waals surface area contributed by atoms with Gasteiger partial charge in [0.15, 0.2) is 0 Å². The molecule has 0 heterocycles. The second-order valence-corrected chi connectivity index (χ2v) is 7.38. The highest BCUT2D eigenvalue weighted by molar-refractivity contribution is 14.1. The average molecular weight is 567 g/mol. The topological polar surface area (TPSA) is 50.7 Å². The van der Waals surface area contributed by atoms with E-state index in [1.54, 1.807) is 36.6 Å². The fraction of sp³-hybridized carbons (Fsp3) is 0.0588. The molecule has 0 aliphatic rings. The molecule has 0 fully saturated rings. The van der Waals surface area contributed by atoms with E-state index in [0.29, 0.717) is 17.2 Å². The number of nitrogens with zero attached hydrogens (tertiary/aromatic N) is 1. The zero-order valence-electron chi connectivity index (χ0n) is 12.4. The van der Waals surface area contributed by atoms with Crippen LogP contribution in [-0.4, -0.2) is 18.7 Å². The maximum Gasteiger partial charge on any atom is 0.271 e. The van der Waals surface area contributed by atoms with Crippen molar-refractivity contribution < 1.29 is 9.53 Å². The van der Waals surface area contributed by atoms with Gasteiger partial charge in [0.05, 0.1) is 13.4 Å². The predicted molar refractivity (Wildman–Crippen MR) is 114 cm³/mol. The number of rotatable bonds is 6. The van der Waals surface area contributed by atoms with Crippen molar-refractivity contribution in [3.8, 4) is 5.75 Å². The minimum Gasteiger partial charge on any atom is -0.487 e. The molecular weight excluding hydrogens is 553 g/mol. The number of nitrogens with one attached hydrogen (secondary N) is 1. The molecule has 124 valence electrons. The van der Waals surface area contributed by atoms with Crippen molar-refractivity contribution >= 4 is 68.9 Å². The van der Waals surface area contributed by atoms with E-state index in [0.717, 1.165) is 18.5 Å². The molecule has 2 rings (SSSR count). The molecule has 0 saturated carbocycles. The molecule has 0 unspecified atom stereocenters. The molecule has 0 bridgehead atoms. The molecule has 0 radical (unpaired) electrons. The van der Waals surface area contributed by atoms with Gasteiger partial charge in [0.25, 0.3) is 5.91 Å². The van der Waals surface area contributed by atoms with E-state index >= 15 is 0 Å². The number of hydrazone groups is 1. The first kappa shape index (κ1) is 19.2. The molecule has 0 saturated heterocycles. The number of hydrogen-bond acceptors (Lipinski definition) is 3. The Balaban J connectivity index is 2.06. The summed E-state index contributed by atoms with van der Waals surface area (Å²) in [5.74, 6) is 0.500. The summed E-state index contributed by atoms with van der Waals surface area (Å²) >= 11 is 10.3. The average Bonchev–Trinajstić information content (AvgIpc) is 2.54. The van der Waals surface area contributed by atoms with Crippen molar-refractivity contribution in [2.45, 2.75) is 0 Å². The lowest BCUT2D eigenvalue weighted by Crippen LogP contribution is -2.17. The predicted octanol–water partition coefficient (Wildman–Crippen LogP) is 4.88. The molecule has 0 aliphatic carbocycles. The van der Waals surface area contributed by atoms with E-state index in [1.807, 2.05) is 12.1 Å². The van der Waals surface area contributed by atoms with Crippen molar-refractivity contribution in [1.82, 2.24) is 5.43 Å². The van der Waals surface area contributed by atoms with Crippen LogP contribution in [-0.2, 0) is 0 Å². The number of ether oxygens (including phenoxy) is 1. The lowest BCUT2D eigenvalue weighted by molar-refractivity contribution is 0.0955. The van der Waals surface area contributed by atoms with Gasteiger partial charge in [-0.05, 0) is 81.1 Å². The molecular formula is C17H13ClI2N2O2. The third-order valence-electron chi connectivity index (χ3n) is 2.83. The Kier molecular flexibility index (Phi) is 7.50. The summed E-state index contributed by atoms with van der Waals surface area (Å²) in [6.07, 6.45) is 3.29. The fourth-order valence-corrected chi connectivity index (χ4v) is 4.11. The number of benzene rings is 2. The maximum absolute atomic E-state index is 12.0. The van der Waals surface area contributed by atoms with Crippen LogP contribution in [0.25, 0.3) is 0 Å². The molecule has 0 aromatic heterocycles. The van der Waals surface area contributed by atoms with Crippen molar-refractivity contribution in [1.29, 1.82) is 0 Å². The summed E-state index contributed by atoms with van der Waals surface area (Å²) in [6.45, 7) is 4.09. The number of amides is 1. The molecule has 4 nitrogen and oxygen atoms in total. The van der Waals surface area contributed by atoms with Gasteiger partial charge in [0, 0.05) is 10.6 Å². The van der Waals surface area contributed by atoms with Gasteiger partial charge in [-0.15, -0.1) is 0 Å². The minimum absolute atomic E-state index is 0.316. The summed E-state index contributed by atoms with van der Waals surface area (Å²) in [7, 11) is 0. The maximum atomic E-state index is 12.0. The van der Waals surface area contributed by atoms with Crippen LogP contribution in [0.5, 0.6) is 5.75 Å². The first-order valence-electron chi connectivity index (χ1n) is 6.83. The lowest BCUT2D eigenvalue weighted by atomic mass is 10.2. The van der Waals surface area contributed by atoms with Gasteiger partial charge in [-0.2, -0.15) is 5.10 Å². The Hall–Kier alpha value is -1.13. The van der Waals surface area contributed by atoms with Gasteiger partial charge in [-0.25, -0.2) is 5.43 Å². The number of hydrogen-bond donors (Lipinski definition) is 1. The van der Waals surface area contributed by atoms with Gasteiger partial charge >= 0.3 is 0 Å². The van der Waals surface area contributed by atoms with Crippen LogP contribution in [0, 0.1) is 7.14 Å². The Morgan fingerprint density at radius 2 is 2.00 bits per heavy atom. The van der Waals surface area contributed by atoms with Crippen LogP contribution in [0.3, 0.4) is 0 Å². The SMILES string of the molecule is C=CCOc1c(I)cc(/C=N\NC(=O)c2cccc(Cl)c2)cc1I. The lowest BCUT2D eigenvalue weighted by Gasteiger charge is -2.09. The molecule has 7 heteroatoms. The number of carbonyl (C=O) groups excluding carboxylic acids is 1. The summed E-state index contributed by atoms with van der Waals surface area (Å²) in [6, 6.07) is 10.5. The standard InChI is InChI=1S/C17H13ClI2N2O2/c1-2-6-24-16-14(19)7-11(8-15(16)20)10-21-22-17(23)12-4-3-5-13(18)9-12/h2-5,7-10H,1,6H2,(H,22,23)/b21-10-. The first-order valence-corrected chi connectivity index (χ1v) is 9.36. The smallest absolute Gasteiger partial charge is 0.271 e. The molecule has 0 spiro atoms. The van der Waals surface area contributed by atoms with E-state index in [2.05, 4.69) is 62.3 Å². The normalized spacial score (nSPS) is 10.6.